The zero-order valence-corrected chi connectivity index (χ0v) is 40.2. The van der Waals surface area contributed by atoms with Crippen LogP contribution in [0.15, 0.2) is 11.1 Å². The number of Topliss-reactive ketones (excluding diaryl/α,β-unsaturated/α-hetero) is 1. The molecule has 0 unspecified atom stereocenters. The summed E-state index contributed by atoms with van der Waals surface area (Å²) >= 11 is 0. The van der Waals surface area contributed by atoms with Crippen molar-refractivity contribution in [3.8, 4) is 0 Å². The summed E-state index contributed by atoms with van der Waals surface area (Å²) in [5.41, 5.74) is 0.269. The number of fused-ring (bicyclic) bond motifs is 5. The Balaban J connectivity index is 0.977. The fraction of sp³-hybridized carbons (Fsp3) is 0.917. The first-order valence-electron chi connectivity index (χ1n) is 24.6. The van der Waals surface area contributed by atoms with Crippen LogP contribution in [-0.4, -0.2) is 199 Å². The first kappa shape index (κ1) is 52.5. The molecule has 2 saturated carbocycles. The van der Waals surface area contributed by atoms with E-state index in [0.717, 1.165) is 38.5 Å². The van der Waals surface area contributed by atoms with Gasteiger partial charge in [0, 0.05) is 30.1 Å². The maximum Gasteiger partial charge on any atom is 0.303 e. The predicted octanol–water partition coefficient (Wildman–Crippen LogP) is -0.751. The number of carbonyl (C=O) groups excluding carboxylic acids is 2. The summed E-state index contributed by atoms with van der Waals surface area (Å²) in [6.07, 6.45) is -18.8. The van der Waals surface area contributed by atoms with Gasteiger partial charge >= 0.3 is 5.97 Å². The number of allylic oxidation sites excluding steroid dienone is 2. The van der Waals surface area contributed by atoms with E-state index in [1.807, 2.05) is 6.92 Å². The number of hydrogen-bond acceptors (Lipinski definition) is 20. The molecule has 0 aromatic carbocycles. The van der Waals surface area contributed by atoms with Crippen LogP contribution < -0.4 is 0 Å². The summed E-state index contributed by atoms with van der Waals surface area (Å²) < 4.78 is 48.2. The first-order chi connectivity index (χ1) is 32.0. The van der Waals surface area contributed by atoms with Crippen LogP contribution in [0.3, 0.4) is 0 Å². The fourth-order valence-corrected chi connectivity index (χ4v) is 14.5. The van der Waals surface area contributed by atoms with E-state index in [0.29, 0.717) is 12.8 Å². The van der Waals surface area contributed by atoms with E-state index < -0.39 is 141 Å². The molecule has 4 aliphatic carbocycles. The predicted molar refractivity (Wildman–Crippen MR) is 232 cm³/mol. The zero-order chi connectivity index (χ0) is 49.6. The van der Waals surface area contributed by atoms with E-state index in [1.165, 1.54) is 18.1 Å². The van der Waals surface area contributed by atoms with Crippen LogP contribution in [0.1, 0.15) is 106 Å². The number of ether oxygens (including phenoxy) is 8. The highest BCUT2D eigenvalue weighted by Crippen LogP contribution is 2.75. The molecule has 0 radical (unpaired) electrons. The van der Waals surface area contributed by atoms with Gasteiger partial charge in [-0.05, 0) is 68.1 Å². The molecule has 68 heavy (non-hydrogen) atoms. The molecule has 4 saturated heterocycles. The van der Waals surface area contributed by atoms with Crippen molar-refractivity contribution in [1.29, 1.82) is 0 Å². The Morgan fingerprint density at radius 1 is 0.721 bits per heavy atom. The van der Waals surface area contributed by atoms with Crippen molar-refractivity contribution in [3.05, 3.63) is 11.1 Å². The summed E-state index contributed by atoms with van der Waals surface area (Å²) in [4.78, 5) is 25.7. The Kier molecular flexibility index (Phi) is 14.9. The molecular weight excluding hydrogens is 897 g/mol. The number of carbonyl (C=O) groups is 2. The molecule has 8 rings (SSSR count). The standard InChI is InChI=1S/C48H76O20/c1-8-25(52)39-38(63-22(3)51)21(2)48(68-39)16-15-46(6)24-9-10-29-44(4,23(24)11-14-47(46,48)7)13-12-30(45(29,5)20-50)66-41-36(59)35(58)33(56)28(65-41)19-62-43-40(31(54)26(53)18-61-43)67-42-37(60)34(57)32(55)27(17-49)64-42/h21,26-43,49-50,53-60H,8-20H2,1-7H3/t21-,26+,27-,28-,29-,30+,31+,32-,33-,34+,35+,36-,37-,38-,39-,40-,41+,42+,43+,44-,45-,46+,47+,48+/m1/s1. The molecule has 4 heterocycles. The van der Waals surface area contributed by atoms with Gasteiger partial charge in [0.15, 0.2) is 30.8 Å². The van der Waals surface area contributed by atoms with Crippen LogP contribution in [0.4, 0.5) is 0 Å². The lowest BCUT2D eigenvalue weighted by Gasteiger charge is -2.63. The summed E-state index contributed by atoms with van der Waals surface area (Å²) in [5, 5.41) is 107. The highest BCUT2D eigenvalue weighted by atomic mass is 16.8. The second-order valence-electron chi connectivity index (χ2n) is 22.0. The number of aliphatic hydroxyl groups is 10. The van der Waals surface area contributed by atoms with Crippen molar-refractivity contribution in [2.75, 3.05) is 26.4 Å². The molecule has 8 aliphatic rings. The van der Waals surface area contributed by atoms with Gasteiger partial charge in [-0.15, -0.1) is 0 Å². The third kappa shape index (κ3) is 8.08. The minimum atomic E-state index is -1.85. The molecule has 0 aromatic heterocycles. The third-order valence-corrected chi connectivity index (χ3v) is 18.8. The molecule has 24 atom stereocenters. The third-order valence-electron chi connectivity index (χ3n) is 18.8. The first-order valence-corrected chi connectivity index (χ1v) is 24.6. The SMILES string of the molecule is CCC(=O)[C@H]1O[C@@]2(CC[C@@]3(C)C4=C(CC[C@@]32C)[C@@]2(C)CC[C@H](O[C@@H]3O[C@H](CO[C@@H]5OC[C@H](O)[C@H](O)[C@H]5O[C@@H]5O[C@H](CO)[C@@H](O)[C@H](O)[C@H]5O)[C@@H](O)[C@H](O)[C@H]3O)[C@](C)(CO)[C@@H]2CC4)[C@H](C)[C@H]1OC(C)=O. The van der Waals surface area contributed by atoms with Crippen LogP contribution in [0, 0.1) is 33.5 Å². The van der Waals surface area contributed by atoms with Crippen LogP contribution >= 0.6 is 0 Å². The van der Waals surface area contributed by atoms with Gasteiger partial charge in [0.2, 0.25) is 0 Å². The maximum absolute atomic E-state index is 13.3. The monoisotopic (exact) mass is 972 g/mol. The van der Waals surface area contributed by atoms with Crippen LogP contribution in [-0.2, 0) is 47.5 Å². The topological polar surface area (TPSA) is 310 Å². The van der Waals surface area contributed by atoms with E-state index in [2.05, 4.69) is 27.7 Å². The van der Waals surface area contributed by atoms with Gasteiger partial charge < -0.3 is 89.0 Å². The van der Waals surface area contributed by atoms with E-state index in [4.69, 9.17) is 37.9 Å². The van der Waals surface area contributed by atoms with E-state index >= 15 is 0 Å². The highest BCUT2D eigenvalue weighted by Gasteiger charge is 2.74. The molecule has 20 nitrogen and oxygen atoms in total. The Morgan fingerprint density at radius 3 is 2.00 bits per heavy atom. The number of ketones is 1. The quantitative estimate of drug-likeness (QED) is 0.0850. The van der Waals surface area contributed by atoms with E-state index in [-0.39, 0.29) is 46.9 Å². The van der Waals surface area contributed by atoms with Crippen molar-refractivity contribution in [2.45, 2.75) is 216 Å². The molecule has 0 aromatic rings. The van der Waals surface area contributed by atoms with Gasteiger partial charge in [0.1, 0.15) is 73.2 Å². The lowest BCUT2D eigenvalue weighted by atomic mass is 9.42. The maximum atomic E-state index is 13.3. The summed E-state index contributed by atoms with van der Waals surface area (Å²) in [7, 11) is 0. The molecule has 6 fully saturated rings. The normalized spacial score (nSPS) is 52.6. The van der Waals surface area contributed by atoms with Gasteiger partial charge in [-0.3, -0.25) is 9.59 Å². The molecular formula is C48H76O20. The van der Waals surface area contributed by atoms with E-state index in [9.17, 15) is 60.7 Å². The van der Waals surface area contributed by atoms with Crippen LogP contribution in [0.25, 0.3) is 0 Å². The average molecular weight is 973 g/mol. The van der Waals surface area contributed by atoms with Gasteiger partial charge in [-0.25, -0.2) is 0 Å². The van der Waals surface area contributed by atoms with Crippen molar-refractivity contribution in [2.24, 2.45) is 33.5 Å². The zero-order valence-electron chi connectivity index (χ0n) is 40.2. The summed E-state index contributed by atoms with van der Waals surface area (Å²) in [6.45, 7) is 12.2. The molecule has 388 valence electrons. The lowest BCUT2D eigenvalue weighted by molar-refractivity contribution is -0.365. The minimum Gasteiger partial charge on any atom is -0.459 e. The molecule has 4 aliphatic heterocycles. The van der Waals surface area contributed by atoms with Crippen molar-refractivity contribution in [3.63, 3.8) is 0 Å². The molecule has 1 spiro atoms. The smallest absolute Gasteiger partial charge is 0.303 e. The lowest BCUT2D eigenvalue weighted by Crippen LogP contribution is -2.64. The van der Waals surface area contributed by atoms with Gasteiger partial charge in [-0.1, -0.05) is 52.7 Å². The Morgan fingerprint density at radius 2 is 1.37 bits per heavy atom. The van der Waals surface area contributed by atoms with Gasteiger partial charge in [-0.2, -0.15) is 0 Å². The molecule has 0 amide bonds. The molecule has 0 bridgehead atoms. The van der Waals surface area contributed by atoms with Crippen molar-refractivity contribution >= 4 is 11.8 Å². The second-order valence-corrected chi connectivity index (χ2v) is 22.0. The van der Waals surface area contributed by atoms with E-state index in [1.54, 1.807) is 6.92 Å². The van der Waals surface area contributed by atoms with Gasteiger partial charge in [0.05, 0.1) is 38.1 Å². The Labute approximate surface area is 396 Å². The number of hydrogen-bond donors (Lipinski definition) is 10. The van der Waals surface area contributed by atoms with Crippen molar-refractivity contribution < 1.29 is 98.5 Å². The summed E-state index contributed by atoms with van der Waals surface area (Å²) in [5.74, 6) is -0.784. The summed E-state index contributed by atoms with van der Waals surface area (Å²) in [6, 6.07) is 0. The largest absolute Gasteiger partial charge is 0.459 e. The minimum absolute atomic E-state index is 0.0661. The number of aliphatic hydroxyl groups excluding tert-OH is 10. The second kappa shape index (κ2) is 19.2. The Bertz CT molecular complexity index is 1880. The molecule has 10 N–H and O–H groups in total. The molecule has 20 heteroatoms. The number of rotatable bonds is 12. The van der Waals surface area contributed by atoms with Crippen LogP contribution in [0.5, 0.6) is 0 Å². The Hall–Kier alpha value is -1.80. The highest BCUT2D eigenvalue weighted by molar-refractivity contribution is 5.84. The number of esters is 1. The van der Waals surface area contributed by atoms with Gasteiger partial charge in [0.25, 0.3) is 0 Å². The average Bonchev–Trinajstić information content (AvgIpc) is 3.73. The fourth-order valence-electron chi connectivity index (χ4n) is 14.5. The van der Waals surface area contributed by atoms with Crippen LogP contribution in [0.2, 0.25) is 0 Å². The van der Waals surface area contributed by atoms with Crippen molar-refractivity contribution in [1.82, 2.24) is 0 Å².